The van der Waals surface area contributed by atoms with Crippen LogP contribution >= 0.6 is 15.9 Å². The molecule has 0 saturated carbocycles. The molecule has 6 heteroatoms. The first-order valence-corrected chi connectivity index (χ1v) is 9.22. The van der Waals surface area contributed by atoms with E-state index in [0.29, 0.717) is 17.9 Å². The fourth-order valence-corrected chi connectivity index (χ4v) is 2.96. The van der Waals surface area contributed by atoms with Crippen LogP contribution in [-0.4, -0.2) is 33.3 Å². The van der Waals surface area contributed by atoms with Gasteiger partial charge in [0, 0.05) is 10.5 Å². The van der Waals surface area contributed by atoms with Crippen LogP contribution in [0.3, 0.4) is 0 Å². The summed E-state index contributed by atoms with van der Waals surface area (Å²) in [6, 6.07) is 13.5. The normalized spacial score (nSPS) is 11.7. The summed E-state index contributed by atoms with van der Waals surface area (Å²) >= 11 is 3.38. The Bertz CT molecular complexity index is 736. The number of benzene rings is 2. The smallest absolute Gasteiger partial charge is 0.338 e. The molecule has 0 radical (unpaired) electrons. The van der Waals surface area contributed by atoms with E-state index in [4.69, 9.17) is 14.2 Å². The maximum absolute atomic E-state index is 11.6. The average molecular weight is 422 g/mol. The molecule has 0 bridgehead atoms. The lowest BCUT2D eigenvalue weighted by Crippen LogP contribution is -2.21. The van der Waals surface area contributed by atoms with Gasteiger partial charge in [-0.25, -0.2) is 4.79 Å². The van der Waals surface area contributed by atoms with Crippen LogP contribution in [0.5, 0.6) is 11.5 Å². The van der Waals surface area contributed by atoms with Crippen LogP contribution in [0.25, 0.3) is 0 Å². The summed E-state index contributed by atoms with van der Waals surface area (Å²) in [6.45, 7) is 3.48. The zero-order valence-electron chi connectivity index (χ0n) is 15.3. The lowest BCUT2D eigenvalue weighted by atomic mass is 10.1. The van der Waals surface area contributed by atoms with Gasteiger partial charge in [-0.05, 0) is 55.8 Å². The third kappa shape index (κ3) is 6.04. The van der Waals surface area contributed by atoms with Crippen molar-refractivity contribution in [2.75, 3.05) is 27.4 Å². The van der Waals surface area contributed by atoms with E-state index in [0.717, 1.165) is 23.2 Å². The van der Waals surface area contributed by atoms with Crippen molar-refractivity contribution in [3.05, 3.63) is 58.1 Å². The highest BCUT2D eigenvalue weighted by molar-refractivity contribution is 9.10. The molecule has 0 aliphatic carbocycles. The maximum atomic E-state index is 11.6. The second-order valence-electron chi connectivity index (χ2n) is 5.82. The molecule has 0 aromatic heterocycles. The number of halogens is 1. The van der Waals surface area contributed by atoms with Gasteiger partial charge in [-0.2, -0.15) is 0 Å². The molecule has 0 aliphatic rings. The van der Waals surface area contributed by atoms with E-state index in [1.807, 2.05) is 24.3 Å². The molecule has 0 fully saturated rings. The molecule has 140 valence electrons. The summed E-state index contributed by atoms with van der Waals surface area (Å²) in [5, 5.41) is 3.47. The van der Waals surface area contributed by atoms with E-state index in [-0.39, 0.29) is 12.0 Å². The number of nitrogens with one attached hydrogen (secondary N) is 1. The largest absolute Gasteiger partial charge is 0.497 e. The van der Waals surface area contributed by atoms with Crippen molar-refractivity contribution in [3.63, 3.8) is 0 Å². The number of carbonyl (C=O) groups is 1. The minimum Gasteiger partial charge on any atom is -0.497 e. The predicted molar refractivity (Wildman–Crippen MR) is 105 cm³/mol. The fourth-order valence-electron chi connectivity index (χ4n) is 2.49. The first-order chi connectivity index (χ1) is 12.5. The van der Waals surface area contributed by atoms with Gasteiger partial charge in [0.05, 0.1) is 26.4 Å². The third-order valence-corrected chi connectivity index (χ3v) is 4.38. The second-order valence-corrected chi connectivity index (χ2v) is 6.74. The Kier molecular flexibility index (Phi) is 7.94. The van der Waals surface area contributed by atoms with Crippen molar-refractivity contribution >= 4 is 21.9 Å². The van der Waals surface area contributed by atoms with Crippen LogP contribution in [0, 0.1) is 0 Å². The number of esters is 1. The van der Waals surface area contributed by atoms with Gasteiger partial charge in [-0.15, -0.1) is 0 Å². The second kappa shape index (κ2) is 10.2. The number of hydrogen-bond acceptors (Lipinski definition) is 5. The summed E-state index contributed by atoms with van der Waals surface area (Å²) in [6.07, 6.45) is 0.842. The van der Waals surface area contributed by atoms with E-state index in [9.17, 15) is 4.79 Å². The summed E-state index contributed by atoms with van der Waals surface area (Å²) in [5.41, 5.74) is 1.64. The standard InChI is InChI=1S/C20H24BrNO4/c1-14(15-6-4-7-18(11-15)24-2)22-8-5-9-26-19-12-16(20(23)25-3)10-17(21)13-19/h4,6-7,10-14,22H,5,8-9H2,1-3H3. The van der Waals surface area contributed by atoms with Crippen LogP contribution in [0.2, 0.25) is 0 Å². The summed E-state index contributed by atoms with van der Waals surface area (Å²) in [5.74, 6) is 1.11. The number of methoxy groups -OCH3 is 2. The summed E-state index contributed by atoms with van der Waals surface area (Å²) in [4.78, 5) is 11.6. The SMILES string of the molecule is COC(=O)c1cc(Br)cc(OCCCNC(C)c2cccc(OC)c2)c1. The molecule has 0 amide bonds. The highest BCUT2D eigenvalue weighted by Gasteiger charge is 2.09. The highest BCUT2D eigenvalue weighted by Crippen LogP contribution is 2.22. The van der Waals surface area contributed by atoms with E-state index in [1.54, 1.807) is 19.2 Å². The Hall–Kier alpha value is -2.05. The minimum atomic E-state index is -0.384. The molecule has 1 atom stereocenters. The molecule has 2 rings (SSSR count). The Morgan fingerprint density at radius 1 is 1.15 bits per heavy atom. The molecule has 1 N–H and O–H groups in total. The molecule has 5 nitrogen and oxygen atoms in total. The molecular weight excluding hydrogens is 398 g/mol. The molecule has 26 heavy (non-hydrogen) atoms. The quantitative estimate of drug-likeness (QED) is 0.481. The van der Waals surface area contributed by atoms with Crippen LogP contribution in [-0.2, 0) is 4.74 Å². The molecule has 0 spiro atoms. The number of carbonyl (C=O) groups excluding carboxylic acids is 1. The van der Waals surface area contributed by atoms with Crippen molar-refractivity contribution in [2.45, 2.75) is 19.4 Å². The molecule has 1 unspecified atom stereocenters. The maximum Gasteiger partial charge on any atom is 0.338 e. The van der Waals surface area contributed by atoms with Gasteiger partial charge >= 0.3 is 5.97 Å². The van der Waals surface area contributed by atoms with E-state index >= 15 is 0 Å². The monoisotopic (exact) mass is 421 g/mol. The van der Waals surface area contributed by atoms with Crippen molar-refractivity contribution in [1.29, 1.82) is 0 Å². The Morgan fingerprint density at radius 3 is 2.69 bits per heavy atom. The number of hydrogen-bond donors (Lipinski definition) is 1. The lowest BCUT2D eigenvalue weighted by molar-refractivity contribution is 0.0600. The van der Waals surface area contributed by atoms with Gasteiger partial charge in [-0.3, -0.25) is 0 Å². The van der Waals surface area contributed by atoms with E-state index in [2.05, 4.69) is 34.2 Å². The molecule has 0 heterocycles. The number of rotatable bonds is 9. The van der Waals surface area contributed by atoms with Gasteiger partial charge in [0.2, 0.25) is 0 Å². The topological polar surface area (TPSA) is 56.8 Å². The Balaban J connectivity index is 1.78. The van der Waals surface area contributed by atoms with Gasteiger partial charge in [0.1, 0.15) is 11.5 Å². The zero-order chi connectivity index (χ0) is 18.9. The zero-order valence-corrected chi connectivity index (χ0v) is 16.8. The fraction of sp³-hybridized carbons (Fsp3) is 0.350. The minimum absolute atomic E-state index is 0.224. The summed E-state index contributed by atoms with van der Waals surface area (Å²) in [7, 11) is 3.03. The van der Waals surface area contributed by atoms with Gasteiger partial charge in [0.15, 0.2) is 0 Å². The lowest BCUT2D eigenvalue weighted by Gasteiger charge is -2.15. The highest BCUT2D eigenvalue weighted by atomic mass is 79.9. The summed E-state index contributed by atoms with van der Waals surface area (Å²) < 4.78 is 16.5. The molecular formula is C20H24BrNO4. The average Bonchev–Trinajstić information content (AvgIpc) is 2.66. The Morgan fingerprint density at radius 2 is 1.96 bits per heavy atom. The van der Waals surface area contributed by atoms with Crippen LogP contribution in [0.15, 0.2) is 46.9 Å². The van der Waals surface area contributed by atoms with Crippen molar-refractivity contribution in [1.82, 2.24) is 5.32 Å². The Labute approximate surface area is 162 Å². The van der Waals surface area contributed by atoms with E-state index < -0.39 is 0 Å². The van der Waals surface area contributed by atoms with Crippen molar-refractivity contribution in [3.8, 4) is 11.5 Å². The molecule has 0 saturated heterocycles. The van der Waals surface area contributed by atoms with Crippen LogP contribution in [0.1, 0.15) is 35.3 Å². The number of ether oxygens (including phenoxy) is 3. The molecule has 0 aliphatic heterocycles. The van der Waals surface area contributed by atoms with Crippen molar-refractivity contribution < 1.29 is 19.0 Å². The van der Waals surface area contributed by atoms with Gasteiger partial charge in [0.25, 0.3) is 0 Å². The van der Waals surface area contributed by atoms with E-state index in [1.165, 1.54) is 12.7 Å². The van der Waals surface area contributed by atoms with Gasteiger partial charge < -0.3 is 19.5 Å². The first kappa shape index (κ1) is 20.3. The third-order valence-electron chi connectivity index (χ3n) is 3.93. The first-order valence-electron chi connectivity index (χ1n) is 8.42. The van der Waals surface area contributed by atoms with Crippen LogP contribution < -0.4 is 14.8 Å². The van der Waals surface area contributed by atoms with Crippen molar-refractivity contribution in [2.24, 2.45) is 0 Å². The molecule has 2 aromatic rings. The predicted octanol–water partition coefficient (Wildman–Crippen LogP) is 4.36. The molecule has 2 aromatic carbocycles. The van der Waals surface area contributed by atoms with Gasteiger partial charge in [-0.1, -0.05) is 28.1 Å². The van der Waals surface area contributed by atoms with Crippen LogP contribution in [0.4, 0.5) is 0 Å².